The SMILES string of the molecule is CCNC(=NCCc1nc(C(F)(F)F)cs1)NC1CCN(c2cccc(F)c2)CC1. The number of hydrogen-bond acceptors (Lipinski definition) is 4. The number of thiazole rings is 1. The second-order valence-corrected chi connectivity index (χ2v) is 7.96. The lowest BCUT2D eigenvalue weighted by Gasteiger charge is -2.34. The van der Waals surface area contributed by atoms with E-state index in [2.05, 4.69) is 25.5 Å². The first-order valence-corrected chi connectivity index (χ1v) is 10.8. The molecule has 2 N–H and O–H groups in total. The Morgan fingerprint density at radius 3 is 2.70 bits per heavy atom. The monoisotopic (exact) mass is 443 g/mol. The molecule has 0 aliphatic carbocycles. The fraction of sp³-hybridized carbons (Fsp3) is 0.500. The molecule has 30 heavy (non-hydrogen) atoms. The number of benzene rings is 1. The molecule has 5 nitrogen and oxygen atoms in total. The first-order valence-electron chi connectivity index (χ1n) is 9.92. The lowest BCUT2D eigenvalue weighted by molar-refractivity contribution is -0.140. The molecule has 164 valence electrons. The highest BCUT2D eigenvalue weighted by molar-refractivity contribution is 7.09. The Labute approximate surface area is 177 Å². The molecule has 2 heterocycles. The summed E-state index contributed by atoms with van der Waals surface area (Å²) >= 11 is 1.00. The minimum absolute atomic E-state index is 0.226. The van der Waals surface area contributed by atoms with Gasteiger partial charge in [-0.1, -0.05) is 6.07 Å². The lowest BCUT2D eigenvalue weighted by Crippen LogP contribution is -2.48. The summed E-state index contributed by atoms with van der Waals surface area (Å²) in [7, 11) is 0. The summed E-state index contributed by atoms with van der Waals surface area (Å²) in [6.07, 6.45) is -2.30. The van der Waals surface area contributed by atoms with Crippen LogP contribution in [0.25, 0.3) is 0 Å². The molecule has 0 atom stereocenters. The van der Waals surface area contributed by atoms with E-state index >= 15 is 0 Å². The van der Waals surface area contributed by atoms with Crippen LogP contribution < -0.4 is 15.5 Å². The molecule has 0 radical (unpaired) electrons. The molecule has 0 saturated carbocycles. The third-order valence-electron chi connectivity index (χ3n) is 4.79. The van der Waals surface area contributed by atoms with Crippen molar-refractivity contribution in [2.75, 3.05) is 31.1 Å². The molecule has 0 spiro atoms. The van der Waals surface area contributed by atoms with Gasteiger partial charge in [0, 0.05) is 49.7 Å². The molecule has 1 saturated heterocycles. The third kappa shape index (κ3) is 6.32. The largest absolute Gasteiger partial charge is 0.434 e. The Morgan fingerprint density at radius 2 is 2.07 bits per heavy atom. The summed E-state index contributed by atoms with van der Waals surface area (Å²) in [6, 6.07) is 6.83. The smallest absolute Gasteiger partial charge is 0.371 e. The van der Waals surface area contributed by atoms with Gasteiger partial charge in [0.25, 0.3) is 0 Å². The molecule has 0 unspecified atom stereocenters. The molecule has 1 fully saturated rings. The number of anilines is 1. The van der Waals surface area contributed by atoms with E-state index in [9.17, 15) is 17.6 Å². The zero-order valence-electron chi connectivity index (χ0n) is 16.7. The second kappa shape index (κ2) is 10.1. The van der Waals surface area contributed by atoms with Gasteiger partial charge in [-0.05, 0) is 38.0 Å². The van der Waals surface area contributed by atoms with E-state index in [1.807, 2.05) is 13.0 Å². The normalized spacial score (nSPS) is 16.0. The highest BCUT2D eigenvalue weighted by atomic mass is 32.1. The van der Waals surface area contributed by atoms with E-state index in [0.717, 1.165) is 48.3 Å². The number of halogens is 4. The maximum absolute atomic E-state index is 13.4. The van der Waals surface area contributed by atoms with Crippen molar-refractivity contribution < 1.29 is 17.6 Å². The first kappa shape index (κ1) is 22.3. The number of rotatable bonds is 6. The van der Waals surface area contributed by atoms with Crippen molar-refractivity contribution in [3.63, 3.8) is 0 Å². The van der Waals surface area contributed by atoms with Gasteiger partial charge < -0.3 is 15.5 Å². The summed E-state index contributed by atoms with van der Waals surface area (Å²) in [6.45, 7) is 4.60. The number of aromatic nitrogens is 1. The summed E-state index contributed by atoms with van der Waals surface area (Å²) in [5, 5.41) is 8.03. The van der Waals surface area contributed by atoms with E-state index in [-0.39, 0.29) is 11.9 Å². The first-order chi connectivity index (χ1) is 14.3. The molecule has 10 heteroatoms. The molecule has 3 rings (SSSR count). The van der Waals surface area contributed by atoms with Crippen LogP contribution in [0.3, 0.4) is 0 Å². The van der Waals surface area contributed by atoms with Crippen molar-refractivity contribution in [1.29, 1.82) is 0 Å². The maximum Gasteiger partial charge on any atom is 0.434 e. The Hall–Kier alpha value is -2.36. The average molecular weight is 444 g/mol. The van der Waals surface area contributed by atoms with Gasteiger partial charge >= 0.3 is 6.18 Å². The second-order valence-electron chi connectivity index (χ2n) is 7.02. The number of nitrogens with zero attached hydrogens (tertiary/aromatic N) is 3. The van der Waals surface area contributed by atoms with Gasteiger partial charge in [-0.3, -0.25) is 4.99 Å². The van der Waals surface area contributed by atoms with Crippen molar-refractivity contribution in [1.82, 2.24) is 15.6 Å². The van der Waals surface area contributed by atoms with Gasteiger partial charge in [0.1, 0.15) is 5.82 Å². The topological polar surface area (TPSA) is 52.6 Å². The van der Waals surface area contributed by atoms with Crippen LogP contribution in [-0.4, -0.2) is 43.2 Å². The zero-order chi connectivity index (χ0) is 21.6. The number of nitrogens with one attached hydrogen (secondary N) is 2. The molecule has 1 aromatic heterocycles. The molecule has 1 aliphatic rings. The minimum Gasteiger partial charge on any atom is -0.371 e. The molecule has 0 bridgehead atoms. The van der Waals surface area contributed by atoms with Crippen LogP contribution in [0.2, 0.25) is 0 Å². The van der Waals surface area contributed by atoms with Gasteiger partial charge in [0.05, 0.1) is 5.01 Å². The van der Waals surface area contributed by atoms with E-state index in [1.165, 1.54) is 6.07 Å². The van der Waals surface area contributed by atoms with Gasteiger partial charge in [0.15, 0.2) is 11.7 Å². The number of guanidine groups is 1. The van der Waals surface area contributed by atoms with Crippen LogP contribution in [0.4, 0.5) is 23.2 Å². The molecule has 1 aliphatic heterocycles. The van der Waals surface area contributed by atoms with Crippen LogP contribution in [-0.2, 0) is 12.6 Å². The summed E-state index contributed by atoms with van der Waals surface area (Å²) in [5.41, 5.74) is 0.0391. The Bertz CT molecular complexity index is 844. The fourth-order valence-electron chi connectivity index (χ4n) is 3.29. The average Bonchev–Trinajstić information content (AvgIpc) is 3.18. The molecular weight excluding hydrogens is 418 g/mol. The van der Waals surface area contributed by atoms with Crippen LogP contribution in [0, 0.1) is 5.82 Å². The quantitative estimate of drug-likeness (QED) is 0.402. The Balaban J connectivity index is 1.50. The standard InChI is InChI=1S/C20H25F4N5S/c1-2-25-19(26-9-6-18-28-17(13-30-18)20(22,23)24)27-15-7-10-29(11-8-15)16-5-3-4-14(21)12-16/h3-5,12-13,15H,2,6-11H2,1H3,(H2,25,26,27). The molecule has 1 aromatic carbocycles. The summed E-state index contributed by atoms with van der Waals surface area (Å²) in [4.78, 5) is 10.3. The van der Waals surface area contributed by atoms with Crippen molar-refractivity contribution in [3.8, 4) is 0 Å². The van der Waals surface area contributed by atoms with Gasteiger partial charge in [-0.15, -0.1) is 11.3 Å². The fourth-order valence-corrected chi connectivity index (χ4v) is 4.08. The molecule has 2 aromatic rings. The van der Waals surface area contributed by atoms with Crippen LogP contribution >= 0.6 is 11.3 Å². The van der Waals surface area contributed by atoms with Crippen molar-refractivity contribution >= 4 is 23.0 Å². The molecular formula is C20H25F4N5S. The Kier molecular flexibility index (Phi) is 7.52. The summed E-state index contributed by atoms with van der Waals surface area (Å²) in [5.74, 6) is 0.409. The number of hydrogen-bond donors (Lipinski definition) is 2. The Morgan fingerprint density at radius 1 is 1.30 bits per heavy atom. The number of piperidine rings is 1. The third-order valence-corrected chi connectivity index (χ3v) is 5.70. The van der Waals surface area contributed by atoms with Gasteiger partial charge in [-0.2, -0.15) is 13.2 Å². The minimum atomic E-state index is -4.41. The number of aliphatic imine (C=N–C) groups is 1. The van der Waals surface area contributed by atoms with Crippen molar-refractivity contribution in [2.45, 2.75) is 38.4 Å². The lowest BCUT2D eigenvalue weighted by atomic mass is 10.0. The molecule has 0 amide bonds. The highest BCUT2D eigenvalue weighted by Gasteiger charge is 2.33. The van der Waals surface area contributed by atoms with E-state index in [1.54, 1.807) is 12.1 Å². The number of alkyl halides is 3. The predicted molar refractivity (Wildman–Crippen MR) is 112 cm³/mol. The van der Waals surface area contributed by atoms with E-state index in [4.69, 9.17) is 0 Å². The highest BCUT2D eigenvalue weighted by Crippen LogP contribution is 2.30. The predicted octanol–water partition coefficient (Wildman–Crippen LogP) is 4.07. The van der Waals surface area contributed by atoms with Crippen LogP contribution in [0.15, 0.2) is 34.6 Å². The van der Waals surface area contributed by atoms with Crippen molar-refractivity contribution in [3.05, 3.63) is 46.2 Å². The van der Waals surface area contributed by atoms with E-state index < -0.39 is 11.9 Å². The van der Waals surface area contributed by atoms with Crippen molar-refractivity contribution in [2.24, 2.45) is 4.99 Å². The van der Waals surface area contributed by atoms with Crippen LogP contribution in [0.1, 0.15) is 30.5 Å². The van der Waals surface area contributed by atoms with Gasteiger partial charge in [0.2, 0.25) is 0 Å². The van der Waals surface area contributed by atoms with Crippen LogP contribution in [0.5, 0.6) is 0 Å². The zero-order valence-corrected chi connectivity index (χ0v) is 17.5. The van der Waals surface area contributed by atoms with Gasteiger partial charge in [-0.25, -0.2) is 9.37 Å². The maximum atomic E-state index is 13.4. The summed E-state index contributed by atoms with van der Waals surface area (Å²) < 4.78 is 51.4. The van der Waals surface area contributed by atoms with E-state index in [0.29, 0.717) is 30.5 Å².